The molecular formula is C11H23ClN2O2S. The summed E-state index contributed by atoms with van der Waals surface area (Å²) in [6.45, 7) is 1.74. The number of rotatable bonds is 4. The Morgan fingerprint density at radius 1 is 1.24 bits per heavy atom. The van der Waals surface area contributed by atoms with Gasteiger partial charge in [-0.25, -0.2) is 12.7 Å². The van der Waals surface area contributed by atoms with E-state index in [0.717, 1.165) is 32.4 Å². The quantitative estimate of drug-likeness (QED) is 0.844. The third-order valence-electron chi connectivity index (χ3n) is 3.91. The molecule has 2 aliphatic rings. The van der Waals surface area contributed by atoms with Crippen molar-refractivity contribution < 1.29 is 8.42 Å². The van der Waals surface area contributed by atoms with Crippen LogP contribution in [0, 0.1) is 5.92 Å². The first-order valence-corrected chi connectivity index (χ1v) is 7.87. The minimum atomic E-state index is -3.03. The first-order valence-electron chi connectivity index (χ1n) is 6.26. The maximum Gasteiger partial charge on any atom is 0.214 e. The van der Waals surface area contributed by atoms with E-state index in [0.29, 0.717) is 11.7 Å². The minimum Gasteiger partial charge on any atom is -0.315 e. The van der Waals surface area contributed by atoms with Crippen molar-refractivity contribution in [3.63, 3.8) is 0 Å². The molecule has 1 N–H and O–H groups in total. The smallest absolute Gasteiger partial charge is 0.214 e. The van der Waals surface area contributed by atoms with Crippen LogP contribution in [0.5, 0.6) is 0 Å². The lowest BCUT2D eigenvalue weighted by Gasteiger charge is -2.24. The highest BCUT2D eigenvalue weighted by atomic mass is 35.5. The van der Waals surface area contributed by atoms with E-state index < -0.39 is 10.0 Å². The molecule has 1 aliphatic carbocycles. The minimum absolute atomic E-state index is 0. The van der Waals surface area contributed by atoms with Crippen molar-refractivity contribution in [1.29, 1.82) is 0 Å². The lowest BCUT2D eigenvalue weighted by atomic mass is 10.1. The van der Waals surface area contributed by atoms with Crippen LogP contribution in [0.2, 0.25) is 0 Å². The van der Waals surface area contributed by atoms with E-state index in [-0.39, 0.29) is 18.4 Å². The highest BCUT2D eigenvalue weighted by molar-refractivity contribution is 7.89. The van der Waals surface area contributed by atoms with Gasteiger partial charge in [0.25, 0.3) is 0 Å². The molecule has 1 heterocycles. The van der Waals surface area contributed by atoms with Gasteiger partial charge < -0.3 is 5.32 Å². The van der Waals surface area contributed by atoms with E-state index in [1.54, 1.807) is 11.4 Å². The molecule has 0 aromatic carbocycles. The standard InChI is InChI=1S/C11H22N2O2S.ClH/c1-13(11-6-7-12-8-11)16(14,15)9-10-4-2-3-5-10;/h10-12H,2-9H2,1H3;1H. The fourth-order valence-corrected chi connectivity index (χ4v) is 4.57. The zero-order chi connectivity index (χ0) is 11.6. The molecule has 4 nitrogen and oxygen atoms in total. The molecular weight excluding hydrogens is 260 g/mol. The second kappa shape index (κ2) is 6.36. The molecule has 1 unspecified atom stereocenters. The fraction of sp³-hybridized carbons (Fsp3) is 1.00. The Morgan fingerprint density at radius 2 is 1.88 bits per heavy atom. The summed E-state index contributed by atoms with van der Waals surface area (Å²) in [5.41, 5.74) is 0. The van der Waals surface area contributed by atoms with E-state index in [9.17, 15) is 8.42 Å². The van der Waals surface area contributed by atoms with E-state index >= 15 is 0 Å². The lowest BCUT2D eigenvalue weighted by molar-refractivity contribution is 0.382. The van der Waals surface area contributed by atoms with Crippen LogP contribution in [-0.4, -0.2) is 44.7 Å². The highest BCUT2D eigenvalue weighted by Crippen LogP contribution is 2.27. The van der Waals surface area contributed by atoms with Crippen molar-refractivity contribution in [3.05, 3.63) is 0 Å². The van der Waals surface area contributed by atoms with Crippen LogP contribution in [0.1, 0.15) is 32.1 Å². The molecule has 0 aromatic heterocycles. The molecule has 1 saturated heterocycles. The SMILES string of the molecule is CN(C1CCNC1)S(=O)(=O)CC1CCCC1.Cl. The topological polar surface area (TPSA) is 49.4 Å². The Balaban J connectivity index is 0.00000144. The first-order chi connectivity index (χ1) is 7.59. The summed E-state index contributed by atoms with van der Waals surface area (Å²) in [6, 6.07) is 0.173. The Morgan fingerprint density at radius 3 is 2.41 bits per heavy atom. The fourth-order valence-electron chi connectivity index (χ4n) is 2.77. The van der Waals surface area contributed by atoms with Gasteiger partial charge in [-0.2, -0.15) is 0 Å². The second-order valence-electron chi connectivity index (χ2n) is 5.09. The monoisotopic (exact) mass is 282 g/mol. The van der Waals surface area contributed by atoms with E-state index in [1.807, 2.05) is 0 Å². The summed E-state index contributed by atoms with van der Waals surface area (Å²) in [6.07, 6.45) is 5.54. The predicted molar refractivity (Wildman–Crippen MR) is 72.0 cm³/mol. The van der Waals surface area contributed by atoms with Crippen molar-refractivity contribution in [2.24, 2.45) is 5.92 Å². The van der Waals surface area contributed by atoms with E-state index in [4.69, 9.17) is 0 Å². The molecule has 2 rings (SSSR count). The third kappa shape index (κ3) is 3.81. The summed E-state index contributed by atoms with van der Waals surface area (Å²) in [5.74, 6) is 0.766. The van der Waals surface area contributed by atoms with Crippen LogP contribution in [0.3, 0.4) is 0 Å². The predicted octanol–water partition coefficient (Wildman–Crippen LogP) is 1.22. The van der Waals surface area contributed by atoms with Gasteiger partial charge in [0.05, 0.1) is 5.75 Å². The zero-order valence-corrected chi connectivity index (χ0v) is 12.0. The van der Waals surface area contributed by atoms with Crippen LogP contribution in [0.25, 0.3) is 0 Å². The van der Waals surface area contributed by atoms with Gasteiger partial charge in [-0.05, 0) is 31.7 Å². The number of halogens is 1. The van der Waals surface area contributed by atoms with Gasteiger partial charge in [0, 0.05) is 19.6 Å². The molecule has 1 saturated carbocycles. The van der Waals surface area contributed by atoms with Crippen LogP contribution in [-0.2, 0) is 10.0 Å². The van der Waals surface area contributed by atoms with Crippen molar-refractivity contribution in [2.45, 2.75) is 38.1 Å². The number of hydrogen-bond acceptors (Lipinski definition) is 3. The van der Waals surface area contributed by atoms with Gasteiger partial charge in [0.1, 0.15) is 0 Å². The average Bonchev–Trinajstić information content (AvgIpc) is 2.86. The molecule has 102 valence electrons. The maximum absolute atomic E-state index is 12.2. The van der Waals surface area contributed by atoms with Gasteiger partial charge in [0.2, 0.25) is 10.0 Å². The summed E-state index contributed by atoms with van der Waals surface area (Å²) >= 11 is 0. The van der Waals surface area contributed by atoms with E-state index in [1.165, 1.54) is 12.8 Å². The summed E-state index contributed by atoms with van der Waals surface area (Å²) < 4.78 is 25.9. The van der Waals surface area contributed by atoms with Crippen LogP contribution < -0.4 is 5.32 Å². The Kier molecular flexibility index (Phi) is 5.70. The molecule has 6 heteroatoms. The van der Waals surface area contributed by atoms with Crippen molar-refractivity contribution >= 4 is 22.4 Å². The molecule has 0 bridgehead atoms. The largest absolute Gasteiger partial charge is 0.315 e. The molecule has 0 radical (unpaired) electrons. The van der Waals surface area contributed by atoms with Crippen molar-refractivity contribution in [1.82, 2.24) is 9.62 Å². The van der Waals surface area contributed by atoms with Crippen molar-refractivity contribution in [3.8, 4) is 0 Å². The van der Waals surface area contributed by atoms with Gasteiger partial charge in [-0.15, -0.1) is 12.4 Å². The summed E-state index contributed by atoms with van der Waals surface area (Å²) in [5, 5.41) is 3.21. The van der Waals surface area contributed by atoms with Crippen LogP contribution >= 0.6 is 12.4 Å². The van der Waals surface area contributed by atoms with Gasteiger partial charge in [-0.3, -0.25) is 0 Å². The Labute approximate surface area is 111 Å². The number of sulfonamides is 1. The lowest BCUT2D eigenvalue weighted by Crippen LogP contribution is -2.40. The van der Waals surface area contributed by atoms with E-state index in [2.05, 4.69) is 5.32 Å². The second-order valence-corrected chi connectivity index (χ2v) is 7.16. The molecule has 1 atom stereocenters. The molecule has 0 spiro atoms. The molecule has 17 heavy (non-hydrogen) atoms. The summed E-state index contributed by atoms with van der Waals surface area (Å²) in [7, 11) is -1.30. The third-order valence-corrected chi connectivity index (χ3v) is 5.98. The first kappa shape index (κ1) is 15.2. The Bertz CT molecular complexity index is 322. The maximum atomic E-state index is 12.2. The highest BCUT2D eigenvalue weighted by Gasteiger charge is 2.31. The Hall–Kier alpha value is 0.160. The molecule has 2 fully saturated rings. The summed E-state index contributed by atoms with van der Waals surface area (Å²) in [4.78, 5) is 0. The number of nitrogens with one attached hydrogen (secondary N) is 1. The zero-order valence-electron chi connectivity index (χ0n) is 10.4. The number of hydrogen-bond donors (Lipinski definition) is 1. The van der Waals surface area contributed by atoms with Gasteiger partial charge >= 0.3 is 0 Å². The molecule has 1 aliphatic heterocycles. The van der Waals surface area contributed by atoms with Crippen LogP contribution in [0.4, 0.5) is 0 Å². The average molecular weight is 283 g/mol. The van der Waals surface area contributed by atoms with Gasteiger partial charge in [-0.1, -0.05) is 12.8 Å². The molecule has 0 amide bonds. The normalized spacial score (nSPS) is 26.4. The van der Waals surface area contributed by atoms with Gasteiger partial charge in [0.15, 0.2) is 0 Å². The molecule has 0 aromatic rings. The number of likely N-dealkylation sites (N-methyl/N-ethyl adjacent to an activating group) is 1. The van der Waals surface area contributed by atoms with Crippen molar-refractivity contribution in [2.75, 3.05) is 25.9 Å². The number of nitrogens with zero attached hydrogens (tertiary/aromatic N) is 1. The van der Waals surface area contributed by atoms with Crippen LogP contribution in [0.15, 0.2) is 0 Å².